The Morgan fingerprint density at radius 1 is 0.558 bits per heavy atom. The predicted octanol–water partition coefficient (Wildman–Crippen LogP) is 8.01. The molecular formula is C72H132N2O21. The fourth-order valence-corrected chi connectivity index (χ4v) is 13.0. The number of hydrogen-bond acceptors (Lipinski definition) is 20. The number of unbranched alkanes of at least 4 members (excludes halogenated alkanes) is 33. The maximum absolute atomic E-state index is 13.5. The van der Waals surface area contributed by atoms with Crippen molar-refractivity contribution in [1.82, 2.24) is 10.6 Å². The summed E-state index contributed by atoms with van der Waals surface area (Å²) in [4.78, 5) is 38.6. The molecule has 0 bridgehead atoms. The summed E-state index contributed by atoms with van der Waals surface area (Å²) in [6.07, 6.45) is 24.5. The molecule has 0 aromatic carbocycles. The number of ether oxygens (including phenoxy) is 6. The van der Waals surface area contributed by atoms with Crippen molar-refractivity contribution in [3.63, 3.8) is 0 Å². The molecule has 3 heterocycles. The second kappa shape index (κ2) is 52.2. The zero-order valence-corrected chi connectivity index (χ0v) is 58.3. The molecule has 0 radical (unpaired) electrons. The van der Waals surface area contributed by atoms with E-state index in [0.29, 0.717) is 19.3 Å². The molecule has 14 N–H and O–H groups in total. The lowest BCUT2D eigenvalue weighted by Gasteiger charge is -2.50. The summed E-state index contributed by atoms with van der Waals surface area (Å²) < 4.78 is 34.9. The first kappa shape index (κ1) is 86.4. The molecule has 23 nitrogen and oxygen atoms in total. The minimum absolute atomic E-state index is 0.224. The van der Waals surface area contributed by atoms with Gasteiger partial charge in [-0.15, -0.1) is 0 Å². The quantitative estimate of drug-likeness (QED) is 0.0202. The molecule has 18 atom stereocenters. The van der Waals surface area contributed by atoms with E-state index in [1.165, 1.54) is 161 Å². The van der Waals surface area contributed by atoms with Gasteiger partial charge in [0.15, 0.2) is 12.6 Å². The Morgan fingerprint density at radius 3 is 1.53 bits per heavy atom. The van der Waals surface area contributed by atoms with Crippen LogP contribution in [-0.2, 0) is 42.8 Å². The fourth-order valence-electron chi connectivity index (χ4n) is 13.0. The van der Waals surface area contributed by atoms with Gasteiger partial charge in [-0.05, 0) is 38.5 Å². The zero-order valence-electron chi connectivity index (χ0n) is 58.3. The number of hydrogen-bond donors (Lipinski definition) is 14. The number of rotatable bonds is 57. The molecule has 3 aliphatic rings. The lowest BCUT2D eigenvalue weighted by Crippen LogP contribution is -2.70. The summed E-state index contributed by atoms with van der Waals surface area (Å²) in [5.41, 5.74) is 0. The molecule has 3 rings (SSSR count). The van der Waals surface area contributed by atoms with Gasteiger partial charge >= 0.3 is 5.97 Å². The lowest BCUT2D eigenvalue weighted by atomic mass is 9.88. The van der Waals surface area contributed by atoms with Crippen molar-refractivity contribution in [1.29, 1.82) is 0 Å². The molecule has 3 fully saturated rings. The third-order valence-corrected chi connectivity index (χ3v) is 18.9. The second-order valence-electron chi connectivity index (χ2n) is 27.1. The van der Waals surface area contributed by atoms with Crippen molar-refractivity contribution in [2.75, 3.05) is 26.4 Å². The van der Waals surface area contributed by atoms with Crippen LogP contribution in [-0.4, -0.2) is 215 Å². The second-order valence-corrected chi connectivity index (χ2v) is 27.1. The van der Waals surface area contributed by atoms with Crippen LogP contribution in [0.15, 0.2) is 24.3 Å². The van der Waals surface area contributed by atoms with Crippen molar-refractivity contribution in [3.8, 4) is 0 Å². The van der Waals surface area contributed by atoms with Crippen molar-refractivity contribution in [2.45, 2.75) is 387 Å². The highest BCUT2D eigenvalue weighted by molar-refractivity contribution is 5.77. The smallest absolute Gasteiger partial charge is 0.364 e. The Morgan fingerprint density at radius 2 is 1.04 bits per heavy atom. The van der Waals surface area contributed by atoms with Crippen LogP contribution in [0.3, 0.4) is 0 Å². The zero-order chi connectivity index (χ0) is 69.6. The Labute approximate surface area is 568 Å². The molecule has 18 unspecified atom stereocenters. The first-order valence-corrected chi connectivity index (χ1v) is 37.2. The van der Waals surface area contributed by atoms with E-state index >= 15 is 0 Å². The molecule has 0 aromatic heterocycles. The van der Waals surface area contributed by atoms with Gasteiger partial charge in [0.25, 0.3) is 5.79 Å². The van der Waals surface area contributed by atoms with Crippen LogP contribution in [0.1, 0.15) is 278 Å². The van der Waals surface area contributed by atoms with Crippen molar-refractivity contribution >= 4 is 17.8 Å². The average Bonchev–Trinajstić information content (AvgIpc) is 0.757. The molecule has 3 aliphatic heterocycles. The monoisotopic (exact) mass is 1360 g/mol. The predicted molar refractivity (Wildman–Crippen MR) is 361 cm³/mol. The van der Waals surface area contributed by atoms with Crippen molar-refractivity contribution < 1.29 is 104 Å². The van der Waals surface area contributed by atoms with E-state index in [1.807, 2.05) is 0 Å². The van der Waals surface area contributed by atoms with Crippen LogP contribution < -0.4 is 10.6 Å². The Kier molecular flexibility index (Phi) is 47.5. The number of carbonyl (C=O) groups excluding carboxylic acids is 2. The van der Waals surface area contributed by atoms with Gasteiger partial charge in [0.2, 0.25) is 11.8 Å². The minimum Gasteiger partial charge on any atom is -0.477 e. The van der Waals surface area contributed by atoms with E-state index in [1.54, 1.807) is 0 Å². The molecule has 556 valence electrons. The van der Waals surface area contributed by atoms with Crippen LogP contribution in [0.5, 0.6) is 0 Å². The lowest BCUT2D eigenvalue weighted by molar-refractivity contribution is -0.386. The first-order chi connectivity index (χ1) is 45.9. The van der Waals surface area contributed by atoms with Gasteiger partial charge in [-0.3, -0.25) is 9.59 Å². The van der Waals surface area contributed by atoms with Crippen LogP contribution in [0.25, 0.3) is 0 Å². The molecule has 0 spiro atoms. The molecule has 2 amide bonds. The topological polar surface area (TPSA) is 373 Å². The van der Waals surface area contributed by atoms with Crippen LogP contribution in [0, 0.1) is 0 Å². The van der Waals surface area contributed by atoms with Crippen LogP contribution in [0.4, 0.5) is 0 Å². The van der Waals surface area contributed by atoms with E-state index in [-0.39, 0.29) is 18.9 Å². The number of carbonyl (C=O) groups is 3. The summed E-state index contributed by atoms with van der Waals surface area (Å²) in [5.74, 6) is -6.10. The summed E-state index contributed by atoms with van der Waals surface area (Å²) in [6.45, 7) is 2.13. The Hall–Kier alpha value is -2.79. The number of carboxylic acid groups (broad SMARTS) is 1. The summed E-state index contributed by atoms with van der Waals surface area (Å²) >= 11 is 0. The van der Waals surface area contributed by atoms with E-state index in [4.69, 9.17) is 28.4 Å². The SMILES string of the molecule is CC/C=C\C/C=C\CCCCCCCCCCCCCCCCC(=O)NC(COC1OC(CO)C(OC2OC(CO)C(O)C(OC3(C(=O)O)CC(O)C(NC(C)=O)C(C(O)C(O)CO)O3)C2O)C(O)C1O)C(O)CCCCCCCCCCCCCCCCCCCCCC. The third-order valence-electron chi connectivity index (χ3n) is 18.9. The first-order valence-electron chi connectivity index (χ1n) is 37.2. The standard InChI is InChI=1S/C72H132N2O21/c1-4-6-8-10-12-14-16-18-20-22-24-26-28-30-32-34-36-38-40-42-44-46-59(82)74-53(54(79)45-43-41-39-37-35-33-31-29-27-25-23-21-19-17-15-13-11-9-7-5-2)51-90-69-64(86)63(85)66(58(50-77)92-69)93-70-65(87)68(62(84)57(49-76)91-70)95-72(71(88)89)47-55(80)60(73-52(3)78)67(94-72)61(83)56(81)48-75/h6,8,12,14,53-58,60-70,75-77,79-81,83-87H,4-5,7,9-11,13,15-51H2,1-3H3,(H,73,78)(H,74,82)(H,88,89)/b8-6-,14-12-. The van der Waals surface area contributed by atoms with Crippen molar-refractivity contribution in [2.24, 2.45) is 0 Å². The van der Waals surface area contributed by atoms with Gasteiger partial charge in [-0.2, -0.15) is 0 Å². The van der Waals surface area contributed by atoms with Crippen molar-refractivity contribution in [3.05, 3.63) is 24.3 Å². The molecule has 95 heavy (non-hydrogen) atoms. The van der Waals surface area contributed by atoms with Gasteiger partial charge in [0, 0.05) is 19.8 Å². The molecule has 0 saturated carbocycles. The van der Waals surface area contributed by atoms with Crippen LogP contribution >= 0.6 is 0 Å². The van der Waals surface area contributed by atoms with Gasteiger partial charge in [-0.25, -0.2) is 4.79 Å². The number of nitrogens with one attached hydrogen (secondary N) is 2. The molecule has 0 aliphatic carbocycles. The Bertz CT molecular complexity index is 2010. The maximum Gasteiger partial charge on any atom is 0.364 e. The molecule has 0 aromatic rings. The summed E-state index contributed by atoms with van der Waals surface area (Å²) in [6, 6.07) is -2.53. The normalized spacial score (nSPS) is 27.8. The van der Waals surface area contributed by atoms with Gasteiger partial charge in [-0.1, -0.05) is 244 Å². The van der Waals surface area contributed by atoms with E-state index in [9.17, 15) is 75.7 Å². The van der Waals surface area contributed by atoms with Gasteiger partial charge in [0.05, 0.1) is 50.7 Å². The molecule has 3 saturated heterocycles. The maximum atomic E-state index is 13.5. The third kappa shape index (κ3) is 34.0. The van der Waals surface area contributed by atoms with Gasteiger partial charge in [0.1, 0.15) is 67.1 Å². The summed E-state index contributed by atoms with van der Waals surface area (Å²) in [5, 5.41) is 136. The average molecular weight is 1360 g/mol. The number of carboxylic acids is 1. The fraction of sp³-hybridized carbons (Fsp3) is 0.903. The summed E-state index contributed by atoms with van der Waals surface area (Å²) in [7, 11) is 0. The number of allylic oxidation sites excluding steroid dienone is 4. The molecular weight excluding hydrogens is 1230 g/mol. The number of aliphatic carboxylic acids is 1. The van der Waals surface area contributed by atoms with E-state index in [2.05, 4.69) is 48.8 Å². The highest BCUT2D eigenvalue weighted by Crippen LogP contribution is 2.39. The van der Waals surface area contributed by atoms with E-state index < -0.39 is 148 Å². The molecule has 23 heteroatoms. The largest absolute Gasteiger partial charge is 0.477 e. The van der Waals surface area contributed by atoms with Gasteiger partial charge < -0.3 is 100 Å². The number of amides is 2. The highest BCUT2D eigenvalue weighted by Gasteiger charge is 2.60. The number of aliphatic hydroxyl groups excluding tert-OH is 11. The Balaban J connectivity index is 1.56. The van der Waals surface area contributed by atoms with E-state index in [0.717, 1.165) is 71.1 Å². The number of aliphatic hydroxyl groups is 11. The highest BCUT2D eigenvalue weighted by atomic mass is 16.8. The minimum atomic E-state index is -3.08. The van der Waals surface area contributed by atoms with Crippen LogP contribution in [0.2, 0.25) is 0 Å².